The molecule has 7 rings (SSSR count). The molecule has 6 aromatic rings. The first kappa shape index (κ1) is 28.0. The number of aromatic nitrogens is 2. The van der Waals surface area contributed by atoms with Gasteiger partial charge in [0.1, 0.15) is 9.79 Å². The molecule has 0 saturated carbocycles. The molecule has 0 aliphatic heterocycles. The molecule has 0 fully saturated rings. The highest BCUT2D eigenvalue weighted by atomic mass is 32.2. The van der Waals surface area contributed by atoms with Gasteiger partial charge >= 0.3 is 0 Å². The summed E-state index contributed by atoms with van der Waals surface area (Å²) in [5.41, 5.74) is 8.13. The Kier molecular flexibility index (Phi) is 7.08. The van der Waals surface area contributed by atoms with Crippen LogP contribution in [0.2, 0.25) is 0 Å². The maximum atomic E-state index is 11.2. The van der Waals surface area contributed by atoms with Crippen LogP contribution in [0, 0.1) is 6.92 Å². The van der Waals surface area contributed by atoms with Crippen molar-refractivity contribution in [1.29, 1.82) is 0 Å². The average Bonchev–Trinajstić information content (AvgIpc) is 3.69. The summed E-state index contributed by atoms with van der Waals surface area (Å²) in [4.78, 5) is 4.85. The highest BCUT2D eigenvalue weighted by Gasteiger charge is 2.34. The normalized spacial score (nSPS) is 14.2. The maximum Gasteiger partial charge on any atom is 0.295 e. The molecule has 1 aliphatic rings. The first-order valence-electron chi connectivity index (χ1n) is 12.8. The Bertz CT molecular complexity index is 2100. The highest BCUT2D eigenvalue weighted by Crippen LogP contribution is 2.53. The fourth-order valence-corrected chi connectivity index (χ4v) is 8.03. The Balaban J connectivity index is 0.000000158. The highest BCUT2D eigenvalue weighted by molar-refractivity contribution is 7.86. The summed E-state index contributed by atoms with van der Waals surface area (Å²) < 4.78 is 64.9. The van der Waals surface area contributed by atoms with Crippen molar-refractivity contribution in [1.82, 2.24) is 9.55 Å². The molecule has 8 nitrogen and oxygen atoms in total. The van der Waals surface area contributed by atoms with E-state index in [-0.39, 0.29) is 16.8 Å². The quantitative estimate of drug-likeness (QED) is 0.207. The van der Waals surface area contributed by atoms with Crippen molar-refractivity contribution in [2.24, 2.45) is 0 Å². The molecule has 11 heteroatoms. The summed E-state index contributed by atoms with van der Waals surface area (Å²) in [6, 6.07) is 25.1. The standard InChI is InChI=1S/C21H16N2S.C10H8O6S2/c1-14-6-2-3-7-15(14)18-12-24-21-17-9-5-4-8-16(17)20(19(18)21)23-11-10-22-13-23;11-17(12,13)9-5-1-3-7-8(9)4-2-6-10(7)18(14,15)16/h2-13,20H,1H3;1-6H,(H,11,12,13)(H,14,15,16). The van der Waals surface area contributed by atoms with E-state index in [1.54, 1.807) is 0 Å². The molecule has 0 radical (unpaired) electrons. The van der Waals surface area contributed by atoms with Crippen LogP contribution in [0.5, 0.6) is 0 Å². The van der Waals surface area contributed by atoms with E-state index < -0.39 is 30.0 Å². The number of thiophene rings is 1. The third-order valence-electron chi connectivity index (χ3n) is 7.26. The minimum absolute atomic E-state index is 0.0233. The fraction of sp³-hybridized carbons (Fsp3) is 0.0645. The smallest absolute Gasteiger partial charge is 0.295 e. The zero-order valence-corrected chi connectivity index (χ0v) is 24.6. The van der Waals surface area contributed by atoms with Crippen LogP contribution in [0.4, 0.5) is 0 Å². The van der Waals surface area contributed by atoms with E-state index in [0.29, 0.717) is 0 Å². The molecular weight excluding hydrogens is 593 g/mol. The largest absolute Gasteiger partial charge is 0.326 e. The number of benzene rings is 4. The van der Waals surface area contributed by atoms with Gasteiger partial charge in [0.15, 0.2) is 0 Å². The van der Waals surface area contributed by atoms with Crippen LogP contribution in [-0.4, -0.2) is 35.5 Å². The van der Waals surface area contributed by atoms with Gasteiger partial charge < -0.3 is 4.57 Å². The molecule has 0 amide bonds. The van der Waals surface area contributed by atoms with Crippen LogP contribution in [0.25, 0.3) is 32.3 Å². The lowest BCUT2D eigenvalue weighted by molar-refractivity contribution is 0.481. The molecule has 4 aromatic carbocycles. The summed E-state index contributed by atoms with van der Waals surface area (Å²) in [5, 5.41) is 2.36. The van der Waals surface area contributed by atoms with E-state index in [2.05, 4.69) is 76.6 Å². The zero-order valence-electron chi connectivity index (χ0n) is 22.1. The lowest BCUT2D eigenvalue weighted by Crippen LogP contribution is -2.07. The number of rotatable bonds is 4. The number of imidazole rings is 1. The third-order valence-corrected chi connectivity index (χ3v) is 10.1. The van der Waals surface area contributed by atoms with Crippen molar-refractivity contribution in [3.8, 4) is 21.6 Å². The summed E-state index contributed by atoms with van der Waals surface area (Å²) in [6.45, 7) is 2.19. The molecule has 2 heterocycles. The van der Waals surface area contributed by atoms with Crippen LogP contribution in [0.15, 0.2) is 119 Å². The van der Waals surface area contributed by atoms with Gasteiger partial charge in [-0.15, -0.1) is 11.3 Å². The molecule has 1 aliphatic carbocycles. The SMILES string of the molecule is Cc1ccccc1-c1csc2c1C(n1ccnc1)c1ccccc1-2.O=S(=O)(O)c1cccc2c(S(=O)(=O)O)cccc12. The second kappa shape index (κ2) is 10.6. The van der Waals surface area contributed by atoms with Gasteiger partial charge in [-0.05, 0) is 52.3 Å². The van der Waals surface area contributed by atoms with Gasteiger partial charge in [-0.1, -0.05) is 72.8 Å². The van der Waals surface area contributed by atoms with E-state index in [1.165, 1.54) is 62.5 Å². The monoisotopic (exact) mass is 616 g/mol. The summed E-state index contributed by atoms with van der Waals surface area (Å²) in [5.74, 6) is 0. The number of fused-ring (bicyclic) bond motifs is 4. The number of nitrogens with zero attached hydrogens (tertiary/aromatic N) is 2. The van der Waals surface area contributed by atoms with E-state index in [0.717, 1.165) is 12.1 Å². The van der Waals surface area contributed by atoms with E-state index in [4.69, 9.17) is 9.11 Å². The summed E-state index contributed by atoms with van der Waals surface area (Å²) >= 11 is 1.85. The number of hydrogen-bond donors (Lipinski definition) is 2. The van der Waals surface area contributed by atoms with Crippen molar-refractivity contribution >= 4 is 42.3 Å². The summed E-state index contributed by atoms with van der Waals surface area (Å²) in [7, 11) is -8.94. The Morgan fingerprint density at radius 2 is 1.33 bits per heavy atom. The lowest BCUT2D eigenvalue weighted by atomic mass is 9.95. The first-order valence-corrected chi connectivity index (χ1v) is 16.5. The maximum absolute atomic E-state index is 11.2. The molecular formula is C31H24N2O6S3. The molecule has 1 unspecified atom stereocenters. The van der Waals surface area contributed by atoms with Crippen molar-refractivity contribution in [3.05, 3.63) is 126 Å². The van der Waals surface area contributed by atoms with Gasteiger partial charge in [-0.2, -0.15) is 16.8 Å². The number of hydrogen-bond acceptors (Lipinski definition) is 6. The molecule has 212 valence electrons. The van der Waals surface area contributed by atoms with Crippen LogP contribution < -0.4 is 0 Å². The van der Waals surface area contributed by atoms with Gasteiger partial charge in [0.25, 0.3) is 20.2 Å². The molecule has 1 atom stereocenters. The predicted molar refractivity (Wildman–Crippen MR) is 163 cm³/mol. The molecule has 0 saturated heterocycles. The van der Waals surface area contributed by atoms with Crippen LogP contribution in [-0.2, 0) is 20.2 Å². The number of aryl methyl sites for hydroxylation is 1. The van der Waals surface area contributed by atoms with Gasteiger partial charge in [-0.3, -0.25) is 9.11 Å². The lowest BCUT2D eigenvalue weighted by Gasteiger charge is -2.17. The van der Waals surface area contributed by atoms with Crippen LogP contribution in [0.1, 0.15) is 22.7 Å². The molecule has 42 heavy (non-hydrogen) atoms. The minimum atomic E-state index is -4.47. The second-order valence-corrected chi connectivity index (χ2v) is 13.4. The third kappa shape index (κ3) is 4.95. The topological polar surface area (TPSA) is 127 Å². The van der Waals surface area contributed by atoms with Crippen LogP contribution >= 0.6 is 11.3 Å². The predicted octanol–water partition coefficient (Wildman–Crippen LogP) is 6.87. The summed E-state index contributed by atoms with van der Waals surface area (Å²) in [6.07, 6.45) is 5.85. The molecule has 2 aromatic heterocycles. The minimum Gasteiger partial charge on any atom is -0.326 e. The van der Waals surface area contributed by atoms with E-state index in [1.807, 2.05) is 23.9 Å². The first-order chi connectivity index (χ1) is 20.1. The van der Waals surface area contributed by atoms with Crippen molar-refractivity contribution in [2.45, 2.75) is 22.8 Å². The van der Waals surface area contributed by atoms with Gasteiger partial charge in [-0.25, -0.2) is 4.98 Å². The van der Waals surface area contributed by atoms with Gasteiger partial charge in [0.2, 0.25) is 0 Å². The van der Waals surface area contributed by atoms with Crippen molar-refractivity contribution in [3.63, 3.8) is 0 Å². The Labute approximate surface area is 247 Å². The van der Waals surface area contributed by atoms with Gasteiger partial charge in [0, 0.05) is 33.6 Å². The van der Waals surface area contributed by atoms with Crippen LogP contribution in [0.3, 0.4) is 0 Å². The van der Waals surface area contributed by atoms with Crippen molar-refractivity contribution < 1.29 is 25.9 Å². The zero-order chi connectivity index (χ0) is 29.6. The fourth-order valence-electron chi connectivity index (χ4n) is 5.46. The van der Waals surface area contributed by atoms with Gasteiger partial charge in [0.05, 0.1) is 12.4 Å². The van der Waals surface area contributed by atoms with E-state index >= 15 is 0 Å². The molecule has 0 bridgehead atoms. The van der Waals surface area contributed by atoms with Crippen molar-refractivity contribution in [2.75, 3.05) is 0 Å². The molecule has 2 N–H and O–H groups in total. The van der Waals surface area contributed by atoms with E-state index in [9.17, 15) is 16.8 Å². The molecule has 0 spiro atoms. The Morgan fingerprint density at radius 3 is 1.90 bits per heavy atom. The second-order valence-electron chi connectivity index (χ2n) is 9.76. The Hall–Kier alpha value is -4.13. The average molecular weight is 617 g/mol. The Morgan fingerprint density at radius 1 is 0.738 bits per heavy atom.